The van der Waals surface area contributed by atoms with Crippen LogP contribution in [0.3, 0.4) is 0 Å². The van der Waals surface area contributed by atoms with Crippen molar-refractivity contribution in [3.8, 4) is 0 Å². The van der Waals surface area contributed by atoms with Gasteiger partial charge in [-0.25, -0.2) is 8.42 Å². The third-order valence-electron chi connectivity index (χ3n) is 3.30. The monoisotopic (exact) mass is 363 g/mol. The molecule has 1 aliphatic rings. The zero-order valence-electron chi connectivity index (χ0n) is 13.0. The van der Waals surface area contributed by atoms with E-state index < -0.39 is 10.0 Å². The van der Waals surface area contributed by atoms with E-state index in [4.69, 9.17) is 4.74 Å². The Morgan fingerprint density at radius 2 is 2.17 bits per heavy atom. The predicted molar refractivity (Wildman–Crippen MR) is 91.2 cm³/mol. The van der Waals surface area contributed by atoms with Crippen LogP contribution < -0.4 is 15.4 Å². The molecule has 1 fully saturated rings. The molecule has 0 aromatic heterocycles. The molecule has 0 bridgehead atoms. The van der Waals surface area contributed by atoms with Crippen LogP contribution in [0, 0.1) is 0 Å². The molecule has 2 atom stereocenters. The third-order valence-corrected chi connectivity index (χ3v) is 3.90. The van der Waals surface area contributed by atoms with Gasteiger partial charge in [0.25, 0.3) is 0 Å². The van der Waals surface area contributed by atoms with Gasteiger partial charge in [-0.1, -0.05) is 12.1 Å². The Morgan fingerprint density at radius 3 is 2.83 bits per heavy atom. The summed E-state index contributed by atoms with van der Waals surface area (Å²) in [5, 5.41) is 5.95. The van der Waals surface area contributed by atoms with Crippen LogP contribution in [-0.2, 0) is 26.1 Å². The van der Waals surface area contributed by atoms with Gasteiger partial charge in [-0.2, -0.15) is 0 Å². The summed E-state index contributed by atoms with van der Waals surface area (Å²) in [6.07, 6.45) is 0.921. The second-order valence-corrected chi connectivity index (χ2v) is 7.05. The Morgan fingerprint density at radius 1 is 1.43 bits per heavy atom. The lowest BCUT2D eigenvalue weighted by molar-refractivity contribution is -0.129. The lowest BCUT2D eigenvalue weighted by Crippen LogP contribution is -2.55. The van der Waals surface area contributed by atoms with E-state index in [-0.39, 0.29) is 30.5 Å². The largest absolute Gasteiger partial charge is 0.375 e. The SMILES string of the molecule is C[C@H]1OCCN[C@@H]1C(=O)NCc1cccc(NS(C)(=O)=O)c1.Cl. The van der Waals surface area contributed by atoms with Crippen molar-refractivity contribution in [2.24, 2.45) is 0 Å². The lowest BCUT2D eigenvalue weighted by atomic mass is 10.1. The number of morpholine rings is 1. The van der Waals surface area contributed by atoms with Gasteiger partial charge in [-0.3, -0.25) is 9.52 Å². The summed E-state index contributed by atoms with van der Waals surface area (Å²) in [6, 6.07) is 6.54. The minimum absolute atomic E-state index is 0. The maximum Gasteiger partial charge on any atom is 0.240 e. The molecule has 1 aliphatic heterocycles. The van der Waals surface area contributed by atoms with E-state index in [9.17, 15) is 13.2 Å². The molecular weight excluding hydrogens is 342 g/mol. The number of ether oxygens (including phenoxy) is 1. The van der Waals surface area contributed by atoms with E-state index in [1.165, 1.54) is 0 Å². The van der Waals surface area contributed by atoms with Crippen LogP contribution in [0.5, 0.6) is 0 Å². The van der Waals surface area contributed by atoms with Crippen LogP contribution in [0.15, 0.2) is 24.3 Å². The first-order valence-electron chi connectivity index (χ1n) is 7.04. The van der Waals surface area contributed by atoms with Gasteiger partial charge >= 0.3 is 0 Å². The van der Waals surface area contributed by atoms with E-state index in [0.29, 0.717) is 25.4 Å². The fourth-order valence-electron chi connectivity index (χ4n) is 2.29. The second kappa shape index (κ2) is 8.49. The average Bonchev–Trinajstić information content (AvgIpc) is 2.44. The van der Waals surface area contributed by atoms with Gasteiger partial charge in [-0.05, 0) is 24.6 Å². The number of nitrogens with one attached hydrogen (secondary N) is 3. The first kappa shape index (κ1) is 19.7. The molecule has 0 unspecified atom stereocenters. The highest BCUT2D eigenvalue weighted by Gasteiger charge is 2.27. The minimum Gasteiger partial charge on any atom is -0.375 e. The molecule has 0 radical (unpaired) electrons. The Labute approximate surface area is 142 Å². The molecule has 1 heterocycles. The number of hydrogen-bond acceptors (Lipinski definition) is 5. The standard InChI is InChI=1S/C14H21N3O4S.ClH/c1-10-13(15-6-7-21-10)14(18)16-9-11-4-3-5-12(8-11)17-22(2,19)20;/h3-5,8,10,13,15,17H,6-7,9H2,1-2H3,(H,16,18);1H/t10-,13+;/m1./s1. The van der Waals surface area contributed by atoms with Crippen molar-refractivity contribution in [2.75, 3.05) is 24.1 Å². The lowest BCUT2D eigenvalue weighted by Gasteiger charge is -2.29. The molecule has 1 amide bonds. The van der Waals surface area contributed by atoms with Crippen LogP contribution in [0.2, 0.25) is 0 Å². The molecular formula is C14H22ClN3O4S. The molecule has 7 nitrogen and oxygen atoms in total. The smallest absolute Gasteiger partial charge is 0.240 e. The zero-order chi connectivity index (χ0) is 16.2. The van der Waals surface area contributed by atoms with Crippen molar-refractivity contribution >= 4 is 34.0 Å². The van der Waals surface area contributed by atoms with Crippen LogP contribution in [0.1, 0.15) is 12.5 Å². The number of amides is 1. The van der Waals surface area contributed by atoms with Crippen molar-refractivity contribution < 1.29 is 17.9 Å². The minimum atomic E-state index is -3.31. The summed E-state index contributed by atoms with van der Waals surface area (Å²) in [5.74, 6) is -0.131. The fraction of sp³-hybridized carbons (Fsp3) is 0.500. The van der Waals surface area contributed by atoms with Gasteiger partial charge in [-0.15, -0.1) is 12.4 Å². The fourth-order valence-corrected chi connectivity index (χ4v) is 2.84. The van der Waals surface area contributed by atoms with Crippen LogP contribution in [0.4, 0.5) is 5.69 Å². The Kier molecular flexibility index (Phi) is 7.27. The van der Waals surface area contributed by atoms with Crippen molar-refractivity contribution in [3.05, 3.63) is 29.8 Å². The summed E-state index contributed by atoms with van der Waals surface area (Å²) < 4.78 is 30.3. The highest BCUT2D eigenvalue weighted by Crippen LogP contribution is 2.12. The molecule has 3 N–H and O–H groups in total. The van der Waals surface area contributed by atoms with E-state index in [1.807, 2.05) is 13.0 Å². The number of sulfonamides is 1. The maximum absolute atomic E-state index is 12.1. The van der Waals surface area contributed by atoms with Gasteiger partial charge in [0.2, 0.25) is 15.9 Å². The van der Waals surface area contributed by atoms with Crippen molar-refractivity contribution in [1.82, 2.24) is 10.6 Å². The zero-order valence-corrected chi connectivity index (χ0v) is 14.7. The topological polar surface area (TPSA) is 96.5 Å². The second-order valence-electron chi connectivity index (χ2n) is 5.30. The van der Waals surface area contributed by atoms with Gasteiger partial charge in [0, 0.05) is 18.8 Å². The molecule has 1 aromatic carbocycles. The van der Waals surface area contributed by atoms with Crippen LogP contribution in [0.25, 0.3) is 0 Å². The number of anilines is 1. The molecule has 1 aromatic rings. The molecule has 0 spiro atoms. The molecule has 0 aliphatic carbocycles. The number of carbonyl (C=O) groups is 1. The van der Waals surface area contributed by atoms with Crippen LogP contribution >= 0.6 is 12.4 Å². The number of halogens is 1. The van der Waals surface area contributed by atoms with Gasteiger partial charge in [0.15, 0.2) is 0 Å². The maximum atomic E-state index is 12.1. The Bertz CT molecular complexity index is 639. The highest BCUT2D eigenvalue weighted by molar-refractivity contribution is 7.92. The first-order chi connectivity index (χ1) is 10.3. The number of benzene rings is 1. The summed E-state index contributed by atoms with van der Waals surface area (Å²) in [6.45, 7) is 3.43. The van der Waals surface area contributed by atoms with E-state index in [0.717, 1.165) is 11.8 Å². The Hall–Kier alpha value is -1.35. The van der Waals surface area contributed by atoms with E-state index in [1.54, 1.807) is 18.2 Å². The number of rotatable bonds is 5. The molecule has 2 rings (SSSR count). The third kappa shape index (κ3) is 6.34. The summed E-state index contributed by atoms with van der Waals surface area (Å²) in [5.41, 5.74) is 1.29. The molecule has 23 heavy (non-hydrogen) atoms. The highest BCUT2D eigenvalue weighted by atomic mass is 35.5. The van der Waals surface area contributed by atoms with E-state index in [2.05, 4.69) is 15.4 Å². The summed E-state index contributed by atoms with van der Waals surface area (Å²) in [7, 11) is -3.31. The first-order valence-corrected chi connectivity index (χ1v) is 8.94. The number of hydrogen-bond donors (Lipinski definition) is 3. The van der Waals surface area contributed by atoms with Crippen molar-refractivity contribution in [1.29, 1.82) is 0 Å². The van der Waals surface area contributed by atoms with Gasteiger partial charge in [0.05, 0.1) is 19.0 Å². The predicted octanol–water partition coefficient (Wildman–Crippen LogP) is 0.473. The number of carbonyl (C=O) groups excluding carboxylic acids is 1. The molecule has 9 heteroatoms. The van der Waals surface area contributed by atoms with Gasteiger partial charge < -0.3 is 15.4 Å². The molecule has 0 saturated carbocycles. The molecule has 130 valence electrons. The van der Waals surface area contributed by atoms with Crippen molar-refractivity contribution in [3.63, 3.8) is 0 Å². The quantitative estimate of drug-likeness (QED) is 0.706. The van der Waals surface area contributed by atoms with Gasteiger partial charge in [0.1, 0.15) is 6.04 Å². The summed E-state index contributed by atoms with van der Waals surface area (Å²) in [4.78, 5) is 12.1. The normalized spacial score (nSPS) is 21.1. The average molecular weight is 364 g/mol. The van der Waals surface area contributed by atoms with Crippen molar-refractivity contribution in [2.45, 2.75) is 25.6 Å². The molecule has 1 saturated heterocycles. The Balaban J connectivity index is 0.00000264. The van der Waals surface area contributed by atoms with E-state index >= 15 is 0 Å². The van der Waals surface area contributed by atoms with Crippen LogP contribution in [-0.4, -0.2) is 45.9 Å². The summed E-state index contributed by atoms with van der Waals surface area (Å²) >= 11 is 0.